The van der Waals surface area contributed by atoms with E-state index in [2.05, 4.69) is 6.92 Å². The van der Waals surface area contributed by atoms with Crippen LogP contribution >= 0.6 is 0 Å². The fraction of sp³-hybridized carbons (Fsp3) is 0.917. The SMILES string of the molecule is CCCCC[C@H]1C[C@@H](C[C@H](O)CO)C(=O)O1. The third-order valence-corrected chi connectivity index (χ3v) is 3.06. The molecule has 4 nitrogen and oxygen atoms in total. The van der Waals surface area contributed by atoms with Gasteiger partial charge in [0.1, 0.15) is 6.10 Å². The number of hydrogen-bond acceptors (Lipinski definition) is 4. The highest BCUT2D eigenvalue weighted by Gasteiger charge is 2.34. The Morgan fingerprint density at radius 1 is 1.50 bits per heavy atom. The molecule has 2 N–H and O–H groups in total. The average molecular weight is 230 g/mol. The molecule has 1 aliphatic rings. The van der Waals surface area contributed by atoms with Crippen molar-refractivity contribution in [3.8, 4) is 0 Å². The highest BCUT2D eigenvalue weighted by Crippen LogP contribution is 2.28. The van der Waals surface area contributed by atoms with E-state index in [1.165, 1.54) is 0 Å². The highest BCUT2D eigenvalue weighted by molar-refractivity contribution is 5.74. The number of esters is 1. The minimum absolute atomic E-state index is 0.0231. The molecule has 4 heteroatoms. The van der Waals surface area contributed by atoms with Gasteiger partial charge in [0, 0.05) is 0 Å². The normalized spacial score (nSPS) is 26.8. The van der Waals surface area contributed by atoms with Crippen LogP contribution < -0.4 is 0 Å². The zero-order chi connectivity index (χ0) is 12.0. The van der Waals surface area contributed by atoms with Gasteiger partial charge in [0.25, 0.3) is 0 Å². The zero-order valence-electron chi connectivity index (χ0n) is 9.89. The van der Waals surface area contributed by atoms with E-state index in [0.29, 0.717) is 12.8 Å². The van der Waals surface area contributed by atoms with E-state index < -0.39 is 6.10 Å². The predicted octanol–water partition coefficient (Wildman–Crippen LogP) is 1.24. The summed E-state index contributed by atoms with van der Waals surface area (Å²) < 4.78 is 5.23. The molecule has 0 aromatic rings. The molecule has 1 heterocycles. The molecule has 0 bridgehead atoms. The lowest BCUT2D eigenvalue weighted by atomic mass is 9.96. The molecular weight excluding hydrogens is 208 g/mol. The van der Waals surface area contributed by atoms with Crippen LogP contribution in [0.15, 0.2) is 0 Å². The maximum absolute atomic E-state index is 11.5. The van der Waals surface area contributed by atoms with Crippen LogP contribution in [0.1, 0.15) is 45.4 Å². The Morgan fingerprint density at radius 3 is 2.88 bits per heavy atom. The molecule has 1 saturated heterocycles. The molecule has 0 aliphatic carbocycles. The summed E-state index contributed by atoms with van der Waals surface area (Å²) in [6.45, 7) is 1.85. The second-order valence-corrected chi connectivity index (χ2v) is 4.56. The van der Waals surface area contributed by atoms with Crippen molar-refractivity contribution >= 4 is 5.97 Å². The highest BCUT2D eigenvalue weighted by atomic mass is 16.5. The van der Waals surface area contributed by atoms with Crippen LogP contribution in [-0.2, 0) is 9.53 Å². The number of carbonyl (C=O) groups is 1. The second-order valence-electron chi connectivity index (χ2n) is 4.56. The Hall–Kier alpha value is -0.610. The van der Waals surface area contributed by atoms with Crippen LogP contribution in [0.2, 0.25) is 0 Å². The Balaban J connectivity index is 2.27. The smallest absolute Gasteiger partial charge is 0.309 e. The van der Waals surface area contributed by atoms with Crippen molar-refractivity contribution in [3.63, 3.8) is 0 Å². The summed E-state index contributed by atoms with van der Waals surface area (Å²) in [6, 6.07) is 0. The molecule has 0 spiro atoms. The maximum atomic E-state index is 11.5. The molecule has 0 unspecified atom stereocenters. The van der Waals surface area contributed by atoms with Gasteiger partial charge in [-0.1, -0.05) is 19.8 Å². The van der Waals surface area contributed by atoms with E-state index in [4.69, 9.17) is 9.84 Å². The second kappa shape index (κ2) is 6.86. The number of rotatable bonds is 7. The van der Waals surface area contributed by atoms with Gasteiger partial charge < -0.3 is 14.9 Å². The third-order valence-electron chi connectivity index (χ3n) is 3.06. The van der Waals surface area contributed by atoms with Crippen molar-refractivity contribution in [2.75, 3.05) is 6.61 Å². The molecule has 0 aromatic carbocycles. The summed E-state index contributed by atoms with van der Waals surface area (Å²) in [7, 11) is 0. The van der Waals surface area contributed by atoms with Gasteiger partial charge in [0.2, 0.25) is 0 Å². The van der Waals surface area contributed by atoms with Crippen LogP contribution in [0, 0.1) is 5.92 Å². The van der Waals surface area contributed by atoms with Gasteiger partial charge in [-0.05, 0) is 25.7 Å². The van der Waals surface area contributed by atoms with E-state index in [9.17, 15) is 9.90 Å². The molecule has 0 saturated carbocycles. The van der Waals surface area contributed by atoms with Gasteiger partial charge in [0.05, 0.1) is 18.6 Å². The van der Waals surface area contributed by atoms with Crippen molar-refractivity contribution in [1.82, 2.24) is 0 Å². The summed E-state index contributed by atoms with van der Waals surface area (Å²) in [4.78, 5) is 11.5. The number of cyclic esters (lactones) is 1. The molecule has 1 rings (SSSR count). The first-order valence-electron chi connectivity index (χ1n) is 6.16. The topological polar surface area (TPSA) is 66.8 Å². The summed E-state index contributed by atoms with van der Waals surface area (Å²) in [6.07, 6.45) is 4.57. The number of hydrogen-bond donors (Lipinski definition) is 2. The van der Waals surface area contributed by atoms with Crippen molar-refractivity contribution in [2.45, 2.75) is 57.7 Å². The van der Waals surface area contributed by atoms with Crippen LogP contribution in [0.25, 0.3) is 0 Å². The van der Waals surface area contributed by atoms with Crippen molar-refractivity contribution in [3.05, 3.63) is 0 Å². The molecule has 1 aliphatic heterocycles. The molecule has 3 atom stereocenters. The summed E-state index contributed by atoms with van der Waals surface area (Å²) >= 11 is 0. The predicted molar refractivity (Wildman–Crippen MR) is 59.8 cm³/mol. The van der Waals surface area contributed by atoms with Crippen molar-refractivity contribution < 1.29 is 19.7 Å². The van der Waals surface area contributed by atoms with Crippen molar-refractivity contribution in [2.24, 2.45) is 5.92 Å². The Kier molecular flexibility index (Phi) is 5.77. The number of ether oxygens (including phenoxy) is 1. The summed E-state index contributed by atoms with van der Waals surface area (Å²) in [5.41, 5.74) is 0. The Labute approximate surface area is 96.6 Å². The summed E-state index contributed by atoms with van der Waals surface area (Å²) in [5, 5.41) is 18.0. The first-order chi connectivity index (χ1) is 7.67. The van der Waals surface area contributed by atoms with Gasteiger partial charge in [0.15, 0.2) is 0 Å². The lowest BCUT2D eigenvalue weighted by Crippen LogP contribution is -2.20. The van der Waals surface area contributed by atoms with Crippen LogP contribution in [0.5, 0.6) is 0 Å². The van der Waals surface area contributed by atoms with E-state index in [-0.39, 0.29) is 24.6 Å². The molecule has 0 amide bonds. The molecule has 1 fully saturated rings. The standard InChI is InChI=1S/C12H22O4/c1-2-3-4-5-11-7-9(12(15)16-11)6-10(14)8-13/h9-11,13-14H,2-8H2,1H3/t9-,10+,11+/m1/s1. The number of unbranched alkanes of at least 4 members (excludes halogenated alkanes) is 2. The third kappa shape index (κ3) is 4.10. The molecule has 0 aromatic heterocycles. The van der Waals surface area contributed by atoms with Gasteiger partial charge in [-0.3, -0.25) is 4.79 Å². The van der Waals surface area contributed by atoms with Gasteiger partial charge in [-0.2, -0.15) is 0 Å². The number of aliphatic hydroxyl groups is 2. The zero-order valence-corrected chi connectivity index (χ0v) is 9.89. The van der Waals surface area contributed by atoms with Crippen LogP contribution in [0.4, 0.5) is 0 Å². The fourth-order valence-electron chi connectivity index (χ4n) is 2.12. The average Bonchev–Trinajstić information content (AvgIpc) is 2.60. The minimum atomic E-state index is -0.799. The number of aliphatic hydroxyl groups excluding tert-OH is 2. The van der Waals surface area contributed by atoms with Crippen molar-refractivity contribution in [1.29, 1.82) is 0 Å². The Morgan fingerprint density at radius 2 is 2.25 bits per heavy atom. The van der Waals surface area contributed by atoms with E-state index >= 15 is 0 Å². The monoisotopic (exact) mass is 230 g/mol. The maximum Gasteiger partial charge on any atom is 0.309 e. The quantitative estimate of drug-likeness (QED) is 0.510. The number of carbonyl (C=O) groups excluding carboxylic acids is 1. The fourth-order valence-corrected chi connectivity index (χ4v) is 2.12. The largest absolute Gasteiger partial charge is 0.462 e. The first kappa shape index (κ1) is 13.5. The lowest BCUT2D eigenvalue weighted by Gasteiger charge is -2.09. The minimum Gasteiger partial charge on any atom is -0.462 e. The molecule has 0 radical (unpaired) electrons. The van der Waals surface area contributed by atoms with E-state index in [0.717, 1.165) is 25.7 Å². The van der Waals surface area contributed by atoms with Gasteiger partial charge in [-0.25, -0.2) is 0 Å². The van der Waals surface area contributed by atoms with E-state index in [1.54, 1.807) is 0 Å². The molecular formula is C12H22O4. The molecule has 16 heavy (non-hydrogen) atoms. The lowest BCUT2D eigenvalue weighted by molar-refractivity contribution is -0.145. The summed E-state index contributed by atoms with van der Waals surface area (Å²) in [5.74, 6) is -0.442. The molecule has 94 valence electrons. The van der Waals surface area contributed by atoms with Gasteiger partial charge >= 0.3 is 5.97 Å². The first-order valence-corrected chi connectivity index (χ1v) is 6.16. The Bertz CT molecular complexity index is 217. The van der Waals surface area contributed by atoms with Gasteiger partial charge in [-0.15, -0.1) is 0 Å². The van der Waals surface area contributed by atoms with Crippen LogP contribution in [-0.4, -0.2) is 35.0 Å². The van der Waals surface area contributed by atoms with Crippen LogP contribution in [0.3, 0.4) is 0 Å². The van der Waals surface area contributed by atoms with E-state index in [1.807, 2.05) is 0 Å².